The summed E-state index contributed by atoms with van der Waals surface area (Å²) in [7, 11) is 0. The molecule has 0 bridgehead atoms. The van der Waals surface area contributed by atoms with Crippen LogP contribution in [-0.2, 0) is 11.2 Å². The van der Waals surface area contributed by atoms with Gasteiger partial charge in [-0.3, -0.25) is 4.79 Å². The molecule has 0 heterocycles. The van der Waals surface area contributed by atoms with E-state index >= 15 is 0 Å². The van der Waals surface area contributed by atoms with Crippen LogP contribution in [0.3, 0.4) is 0 Å². The maximum atomic E-state index is 10.9. The highest BCUT2D eigenvalue weighted by Gasteiger charge is 2.15. The van der Waals surface area contributed by atoms with E-state index in [0.717, 1.165) is 0 Å². The monoisotopic (exact) mass is 348 g/mol. The van der Waals surface area contributed by atoms with Gasteiger partial charge in [-0.25, -0.2) is 0 Å². The minimum absolute atomic E-state index is 0.136. The van der Waals surface area contributed by atoms with Gasteiger partial charge < -0.3 is 5.11 Å². The van der Waals surface area contributed by atoms with Crippen LogP contribution in [0.5, 0.6) is 0 Å². The van der Waals surface area contributed by atoms with Crippen LogP contribution >= 0.6 is 46.4 Å². The molecule has 2 aromatic carbocycles. The Hall–Kier alpha value is -0.930. The van der Waals surface area contributed by atoms with Gasteiger partial charge in [0, 0.05) is 10.6 Å². The zero-order chi connectivity index (χ0) is 14.9. The molecule has 0 saturated carbocycles. The molecule has 2 nitrogen and oxygen atoms in total. The lowest BCUT2D eigenvalue weighted by atomic mass is 9.97. The minimum Gasteiger partial charge on any atom is -0.481 e. The van der Waals surface area contributed by atoms with Gasteiger partial charge in [0.05, 0.1) is 21.5 Å². The van der Waals surface area contributed by atoms with Crippen molar-refractivity contribution in [3.63, 3.8) is 0 Å². The Morgan fingerprint density at radius 2 is 1.65 bits per heavy atom. The van der Waals surface area contributed by atoms with Crippen LogP contribution in [0.4, 0.5) is 0 Å². The van der Waals surface area contributed by atoms with Crippen molar-refractivity contribution in [2.45, 2.75) is 6.42 Å². The second-order valence-electron chi connectivity index (χ2n) is 4.09. The summed E-state index contributed by atoms with van der Waals surface area (Å²) in [5.74, 6) is -0.940. The molecule has 0 amide bonds. The summed E-state index contributed by atoms with van der Waals surface area (Å²) in [4.78, 5) is 10.9. The van der Waals surface area contributed by atoms with Crippen molar-refractivity contribution in [1.82, 2.24) is 0 Å². The molecular formula is C14H8Cl4O2. The van der Waals surface area contributed by atoms with E-state index < -0.39 is 5.97 Å². The van der Waals surface area contributed by atoms with Crippen molar-refractivity contribution in [2.24, 2.45) is 0 Å². The SMILES string of the molecule is O=C(O)Cc1ccc(Cl)cc1-c1ccc(Cl)c(Cl)c1Cl. The molecule has 20 heavy (non-hydrogen) atoms. The molecule has 0 saturated heterocycles. The van der Waals surface area contributed by atoms with Gasteiger partial charge in [-0.05, 0) is 29.3 Å². The van der Waals surface area contributed by atoms with Crippen LogP contribution in [0.2, 0.25) is 20.1 Å². The van der Waals surface area contributed by atoms with Crippen molar-refractivity contribution in [3.05, 3.63) is 56.0 Å². The largest absolute Gasteiger partial charge is 0.481 e. The smallest absolute Gasteiger partial charge is 0.307 e. The Morgan fingerprint density at radius 3 is 2.30 bits per heavy atom. The van der Waals surface area contributed by atoms with Crippen molar-refractivity contribution in [2.75, 3.05) is 0 Å². The van der Waals surface area contributed by atoms with E-state index in [2.05, 4.69) is 0 Å². The third-order valence-corrected chi connectivity index (χ3v) is 4.27. The summed E-state index contributed by atoms with van der Waals surface area (Å²) in [6, 6.07) is 8.24. The van der Waals surface area contributed by atoms with Gasteiger partial charge in [0.1, 0.15) is 0 Å². The highest BCUT2D eigenvalue weighted by Crippen LogP contribution is 2.40. The fraction of sp³-hybridized carbons (Fsp3) is 0.0714. The topological polar surface area (TPSA) is 37.3 Å². The van der Waals surface area contributed by atoms with Gasteiger partial charge in [-0.1, -0.05) is 58.5 Å². The number of carboxylic acid groups (broad SMARTS) is 1. The van der Waals surface area contributed by atoms with E-state index in [9.17, 15) is 4.79 Å². The lowest BCUT2D eigenvalue weighted by molar-refractivity contribution is -0.136. The second kappa shape index (κ2) is 6.23. The quantitative estimate of drug-likeness (QED) is 0.733. The number of carboxylic acids is 1. The van der Waals surface area contributed by atoms with Crippen LogP contribution < -0.4 is 0 Å². The molecule has 1 N–H and O–H groups in total. The van der Waals surface area contributed by atoms with Crippen LogP contribution in [0.25, 0.3) is 11.1 Å². The fourth-order valence-corrected chi connectivity index (χ4v) is 2.66. The normalized spacial score (nSPS) is 10.6. The fourth-order valence-electron chi connectivity index (χ4n) is 1.85. The molecule has 0 aliphatic rings. The number of carbonyl (C=O) groups is 1. The summed E-state index contributed by atoms with van der Waals surface area (Å²) in [6.45, 7) is 0. The van der Waals surface area contributed by atoms with Crippen LogP contribution in [0, 0.1) is 0 Å². The first-order valence-corrected chi connectivity index (χ1v) is 7.05. The molecule has 0 fully saturated rings. The summed E-state index contributed by atoms with van der Waals surface area (Å²) < 4.78 is 0. The maximum Gasteiger partial charge on any atom is 0.307 e. The molecule has 6 heteroatoms. The van der Waals surface area contributed by atoms with E-state index in [1.54, 1.807) is 30.3 Å². The van der Waals surface area contributed by atoms with Crippen LogP contribution in [0.15, 0.2) is 30.3 Å². The average molecular weight is 350 g/mol. The second-order valence-corrected chi connectivity index (χ2v) is 5.69. The standard InChI is InChI=1S/C14H8Cl4O2/c15-8-2-1-7(5-12(19)20)10(6-8)9-3-4-11(16)14(18)13(9)17/h1-4,6H,5H2,(H,19,20). The summed E-state index contributed by atoms with van der Waals surface area (Å²) in [6.07, 6.45) is -0.136. The first-order chi connectivity index (χ1) is 9.40. The number of rotatable bonds is 3. The molecule has 0 radical (unpaired) electrons. The number of hydrogen-bond donors (Lipinski definition) is 1. The van der Waals surface area contributed by atoms with Gasteiger partial charge in [-0.15, -0.1) is 0 Å². The maximum absolute atomic E-state index is 10.9. The van der Waals surface area contributed by atoms with Crippen molar-refractivity contribution < 1.29 is 9.90 Å². The number of aliphatic carboxylic acids is 1. The van der Waals surface area contributed by atoms with Crippen LogP contribution in [-0.4, -0.2) is 11.1 Å². The van der Waals surface area contributed by atoms with E-state index in [1.165, 1.54) is 0 Å². The van der Waals surface area contributed by atoms with Gasteiger partial charge in [-0.2, -0.15) is 0 Å². The molecule has 2 aromatic rings. The highest BCUT2D eigenvalue weighted by molar-refractivity contribution is 6.49. The summed E-state index contributed by atoms with van der Waals surface area (Å²) >= 11 is 24.1. The predicted molar refractivity (Wildman–Crippen MR) is 83.3 cm³/mol. The zero-order valence-electron chi connectivity index (χ0n) is 9.96. The Balaban J connectivity index is 2.65. The Kier molecular flexibility index (Phi) is 4.82. The third-order valence-electron chi connectivity index (χ3n) is 2.74. The molecule has 0 aromatic heterocycles. The van der Waals surface area contributed by atoms with E-state index in [1.807, 2.05) is 0 Å². The Bertz CT molecular complexity index is 683. The first-order valence-electron chi connectivity index (χ1n) is 5.54. The predicted octanol–water partition coefficient (Wildman–Crippen LogP) is 5.59. The van der Waals surface area contributed by atoms with Gasteiger partial charge in [0.25, 0.3) is 0 Å². The summed E-state index contributed by atoms with van der Waals surface area (Å²) in [5, 5.41) is 10.3. The van der Waals surface area contributed by atoms with E-state index in [4.69, 9.17) is 51.5 Å². The lowest BCUT2D eigenvalue weighted by Gasteiger charge is -2.12. The number of halogens is 4. The third kappa shape index (κ3) is 3.21. The number of hydrogen-bond acceptors (Lipinski definition) is 1. The molecule has 0 atom stereocenters. The zero-order valence-corrected chi connectivity index (χ0v) is 13.0. The van der Waals surface area contributed by atoms with Crippen molar-refractivity contribution >= 4 is 52.4 Å². The molecule has 0 spiro atoms. The van der Waals surface area contributed by atoms with Crippen molar-refractivity contribution in [3.8, 4) is 11.1 Å². The summed E-state index contributed by atoms with van der Waals surface area (Å²) in [5.41, 5.74) is 1.82. The van der Waals surface area contributed by atoms with E-state index in [0.29, 0.717) is 26.7 Å². The minimum atomic E-state index is -0.940. The lowest BCUT2D eigenvalue weighted by Crippen LogP contribution is -2.02. The van der Waals surface area contributed by atoms with Crippen molar-refractivity contribution in [1.29, 1.82) is 0 Å². The molecule has 0 unspecified atom stereocenters. The van der Waals surface area contributed by atoms with Gasteiger partial charge >= 0.3 is 5.97 Å². The van der Waals surface area contributed by atoms with Gasteiger partial charge in [0.15, 0.2) is 0 Å². The average Bonchev–Trinajstić information content (AvgIpc) is 2.38. The molecule has 104 valence electrons. The Labute approximate surface area is 135 Å². The molecule has 2 rings (SSSR count). The van der Waals surface area contributed by atoms with Crippen LogP contribution in [0.1, 0.15) is 5.56 Å². The Morgan fingerprint density at radius 1 is 0.950 bits per heavy atom. The highest BCUT2D eigenvalue weighted by atomic mass is 35.5. The van der Waals surface area contributed by atoms with E-state index in [-0.39, 0.29) is 16.5 Å². The molecule has 0 aliphatic carbocycles. The first kappa shape index (κ1) is 15.5. The molecule has 0 aliphatic heterocycles. The van der Waals surface area contributed by atoms with Gasteiger partial charge in [0.2, 0.25) is 0 Å². The molecular weight excluding hydrogens is 342 g/mol. The number of benzene rings is 2.